The zero-order chi connectivity index (χ0) is 33.1. The smallest absolute Gasteiger partial charge is 0.295 e. The van der Waals surface area contributed by atoms with Crippen LogP contribution in [0.5, 0.6) is 0 Å². The molecule has 0 bridgehead atoms. The van der Waals surface area contributed by atoms with E-state index in [1.807, 2.05) is 53.8 Å². The first-order valence-corrected chi connectivity index (χ1v) is 16.9. The van der Waals surface area contributed by atoms with Gasteiger partial charge >= 0.3 is 5.69 Å². The maximum Gasteiger partial charge on any atom is 0.328 e. The van der Waals surface area contributed by atoms with E-state index in [-0.39, 0.29) is 5.69 Å². The fraction of sp³-hybridized carbons (Fsp3) is 0.0476. The lowest BCUT2D eigenvalue weighted by Crippen LogP contribution is -2.19. The summed E-state index contributed by atoms with van der Waals surface area (Å²) in [7, 11) is 3.61. The van der Waals surface area contributed by atoms with Crippen LogP contribution in [0.15, 0.2) is 144 Å². The molecular weight excluding hydrogens is 623 g/mol. The molecule has 0 spiro atoms. The Hall–Kier alpha value is -6.18. The zero-order valence-electron chi connectivity index (χ0n) is 26.8. The van der Waals surface area contributed by atoms with Crippen LogP contribution in [0, 0.1) is 0 Å². The standard InChI is InChI=1S/C42H29N5OS/c1-46-35-22-20-29(25-36(35)47(2)42(46)48)26-16-18-28(19-17-26)40-43-39(27-10-4-3-5-11-27)44-41(45-40)33-14-7-6-12-31(33)30-21-23-38-34(24-30)32-13-8-9-15-37(32)49-38/h3-25H,1-2H3. The zero-order valence-corrected chi connectivity index (χ0v) is 27.6. The average molecular weight is 652 g/mol. The molecule has 0 aliphatic carbocycles. The molecule has 0 aliphatic rings. The van der Waals surface area contributed by atoms with Gasteiger partial charge in [-0.3, -0.25) is 9.13 Å². The summed E-state index contributed by atoms with van der Waals surface area (Å²) in [6, 6.07) is 48.1. The third kappa shape index (κ3) is 4.94. The fourth-order valence-corrected chi connectivity index (χ4v) is 7.75. The first-order valence-electron chi connectivity index (χ1n) is 16.1. The molecule has 234 valence electrons. The summed E-state index contributed by atoms with van der Waals surface area (Å²) in [5, 5.41) is 2.52. The number of fused-ring (bicyclic) bond motifs is 4. The van der Waals surface area contributed by atoms with Gasteiger partial charge in [-0.2, -0.15) is 0 Å². The first-order chi connectivity index (χ1) is 24.0. The van der Waals surface area contributed by atoms with Crippen molar-refractivity contribution in [2.24, 2.45) is 14.1 Å². The minimum Gasteiger partial charge on any atom is -0.295 e. The average Bonchev–Trinajstić information content (AvgIpc) is 3.64. The van der Waals surface area contributed by atoms with Crippen LogP contribution in [0.1, 0.15) is 0 Å². The van der Waals surface area contributed by atoms with Crippen molar-refractivity contribution in [3.63, 3.8) is 0 Å². The van der Waals surface area contributed by atoms with Gasteiger partial charge in [0.15, 0.2) is 17.5 Å². The lowest BCUT2D eigenvalue weighted by Gasteiger charge is -2.12. The van der Waals surface area contributed by atoms with Crippen LogP contribution in [0.25, 0.3) is 87.6 Å². The third-order valence-corrected chi connectivity index (χ3v) is 10.4. The van der Waals surface area contributed by atoms with Crippen molar-refractivity contribution in [3.8, 4) is 56.4 Å². The molecule has 0 atom stereocenters. The molecule has 0 aliphatic heterocycles. The number of hydrogen-bond donors (Lipinski definition) is 0. The van der Waals surface area contributed by atoms with Gasteiger partial charge in [0, 0.05) is 51.0 Å². The van der Waals surface area contributed by atoms with E-state index in [4.69, 9.17) is 15.0 Å². The Morgan fingerprint density at radius 3 is 1.82 bits per heavy atom. The molecule has 0 saturated heterocycles. The van der Waals surface area contributed by atoms with E-state index < -0.39 is 0 Å². The van der Waals surface area contributed by atoms with Gasteiger partial charge < -0.3 is 0 Å². The normalized spacial score (nSPS) is 11.6. The number of thiophene rings is 1. The van der Waals surface area contributed by atoms with Gasteiger partial charge in [0.25, 0.3) is 0 Å². The van der Waals surface area contributed by atoms with E-state index in [1.54, 1.807) is 23.2 Å². The van der Waals surface area contributed by atoms with Gasteiger partial charge in [-0.05, 0) is 52.6 Å². The van der Waals surface area contributed by atoms with Crippen LogP contribution < -0.4 is 5.69 Å². The number of imidazole rings is 1. The second-order valence-electron chi connectivity index (χ2n) is 12.2. The summed E-state index contributed by atoms with van der Waals surface area (Å²) >= 11 is 1.82. The second kappa shape index (κ2) is 11.5. The number of benzene rings is 6. The Morgan fingerprint density at radius 1 is 0.449 bits per heavy atom. The molecule has 0 unspecified atom stereocenters. The predicted molar refractivity (Wildman–Crippen MR) is 202 cm³/mol. The van der Waals surface area contributed by atoms with Crippen molar-refractivity contribution in [2.45, 2.75) is 0 Å². The molecule has 9 rings (SSSR count). The van der Waals surface area contributed by atoms with Gasteiger partial charge in [-0.15, -0.1) is 11.3 Å². The number of rotatable bonds is 5. The van der Waals surface area contributed by atoms with Crippen molar-refractivity contribution < 1.29 is 0 Å². The van der Waals surface area contributed by atoms with Crippen LogP contribution in [0.2, 0.25) is 0 Å². The molecule has 7 heteroatoms. The van der Waals surface area contributed by atoms with Crippen molar-refractivity contribution in [1.82, 2.24) is 24.1 Å². The highest BCUT2D eigenvalue weighted by Crippen LogP contribution is 2.39. The second-order valence-corrected chi connectivity index (χ2v) is 13.3. The molecule has 0 N–H and O–H groups in total. The highest BCUT2D eigenvalue weighted by molar-refractivity contribution is 7.25. The number of nitrogens with zero attached hydrogens (tertiary/aromatic N) is 5. The molecule has 0 saturated carbocycles. The Kier molecular flexibility index (Phi) is 6.81. The van der Waals surface area contributed by atoms with Crippen molar-refractivity contribution in [3.05, 3.63) is 150 Å². The Labute approximate surface area is 286 Å². The first kappa shape index (κ1) is 29.0. The summed E-state index contributed by atoms with van der Waals surface area (Å²) < 4.78 is 5.91. The predicted octanol–water partition coefficient (Wildman–Crippen LogP) is 9.76. The highest BCUT2D eigenvalue weighted by Gasteiger charge is 2.17. The lowest BCUT2D eigenvalue weighted by atomic mass is 9.97. The topological polar surface area (TPSA) is 65.6 Å². The maximum atomic E-state index is 12.5. The number of aryl methyl sites for hydroxylation is 2. The van der Waals surface area contributed by atoms with Gasteiger partial charge in [0.1, 0.15) is 0 Å². The van der Waals surface area contributed by atoms with Crippen molar-refractivity contribution >= 4 is 42.5 Å². The number of aromatic nitrogens is 5. The third-order valence-electron chi connectivity index (χ3n) is 9.27. The van der Waals surface area contributed by atoms with E-state index in [0.29, 0.717) is 17.5 Å². The summed E-state index contributed by atoms with van der Waals surface area (Å²) in [4.78, 5) is 27.6. The summed E-state index contributed by atoms with van der Waals surface area (Å²) in [6.45, 7) is 0. The molecule has 3 heterocycles. The lowest BCUT2D eigenvalue weighted by molar-refractivity contribution is 0.795. The van der Waals surface area contributed by atoms with E-state index in [0.717, 1.165) is 50.0 Å². The molecule has 0 amide bonds. The van der Waals surface area contributed by atoms with Crippen molar-refractivity contribution in [1.29, 1.82) is 0 Å². The van der Waals surface area contributed by atoms with E-state index in [2.05, 4.69) is 97.1 Å². The SMILES string of the molecule is Cn1c(=O)n(C)c2cc(-c3ccc(-c4nc(-c5ccccc5)nc(-c5ccccc5-c5ccc6sc7ccccc7c6c5)n4)cc3)ccc21. The van der Waals surface area contributed by atoms with E-state index >= 15 is 0 Å². The Balaban J connectivity index is 1.16. The minimum absolute atomic E-state index is 0.0376. The largest absolute Gasteiger partial charge is 0.328 e. The Bertz CT molecular complexity index is 2760. The molecule has 0 fully saturated rings. The summed E-state index contributed by atoms with van der Waals surface area (Å²) in [6.07, 6.45) is 0. The monoisotopic (exact) mass is 651 g/mol. The van der Waals surface area contributed by atoms with Gasteiger partial charge in [0.2, 0.25) is 0 Å². The molecule has 6 nitrogen and oxygen atoms in total. The van der Waals surface area contributed by atoms with E-state index in [1.165, 1.54) is 20.2 Å². The van der Waals surface area contributed by atoms with Gasteiger partial charge in [-0.25, -0.2) is 19.7 Å². The quantitative estimate of drug-likeness (QED) is 0.186. The molecule has 9 aromatic rings. The van der Waals surface area contributed by atoms with Crippen molar-refractivity contribution in [2.75, 3.05) is 0 Å². The number of hydrogen-bond acceptors (Lipinski definition) is 5. The Morgan fingerprint density at radius 2 is 1.02 bits per heavy atom. The molecular formula is C42H29N5OS. The minimum atomic E-state index is -0.0376. The van der Waals surface area contributed by atoms with E-state index in [9.17, 15) is 4.79 Å². The molecule has 6 aromatic carbocycles. The molecule has 3 aromatic heterocycles. The maximum absolute atomic E-state index is 12.5. The fourth-order valence-electron chi connectivity index (χ4n) is 6.66. The van der Waals surface area contributed by atoms with Crippen LogP contribution in [-0.2, 0) is 14.1 Å². The van der Waals surface area contributed by atoms with Crippen LogP contribution >= 0.6 is 11.3 Å². The summed E-state index contributed by atoms with van der Waals surface area (Å²) in [5.74, 6) is 1.84. The molecule has 49 heavy (non-hydrogen) atoms. The van der Waals surface area contributed by atoms with Gasteiger partial charge in [0.05, 0.1) is 11.0 Å². The summed E-state index contributed by atoms with van der Waals surface area (Å²) in [5.41, 5.74) is 8.79. The van der Waals surface area contributed by atoms with Crippen LogP contribution in [0.4, 0.5) is 0 Å². The highest BCUT2D eigenvalue weighted by atomic mass is 32.1. The molecule has 0 radical (unpaired) electrons. The van der Waals surface area contributed by atoms with Crippen LogP contribution in [-0.4, -0.2) is 24.1 Å². The van der Waals surface area contributed by atoms with Crippen LogP contribution in [0.3, 0.4) is 0 Å². The van der Waals surface area contributed by atoms with Gasteiger partial charge in [-0.1, -0.05) is 109 Å².